The number of nitrogens with two attached hydrogens (primary N) is 1. The van der Waals surface area contributed by atoms with E-state index in [1.807, 2.05) is 26.0 Å². The van der Waals surface area contributed by atoms with Crippen LogP contribution >= 0.6 is 11.6 Å². The van der Waals surface area contributed by atoms with Gasteiger partial charge < -0.3 is 5.73 Å². The Morgan fingerprint density at radius 2 is 2.26 bits per heavy atom. The van der Waals surface area contributed by atoms with Crippen molar-refractivity contribution in [1.29, 1.82) is 0 Å². The number of halogens is 1. The Hall–Kier alpha value is -1.50. The quantitative estimate of drug-likeness (QED) is 0.811. The van der Waals surface area contributed by atoms with Crippen LogP contribution in [0.1, 0.15) is 25.8 Å². The molecule has 0 aliphatic rings. The molecular formula is C15H19ClN2O. The fourth-order valence-electron chi connectivity index (χ4n) is 1.69. The van der Waals surface area contributed by atoms with Gasteiger partial charge in [-0.3, -0.25) is 10.1 Å². The zero-order valence-corrected chi connectivity index (χ0v) is 12.0. The van der Waals surface area contributed by atoms with E-state index in [1.54, 1.807) is 12.1 Å². The molecule has 0 fully saturated rings. The average Bonchev–Trinajstić information content (AvgIpc) is 2.37. The molecule has 3 N–H and O–H groups in total. The second kappa shape index (κ2) is 7.83. The zero-order valence-electron chi connectivity index (χ0n) is 11.2. The smallest absolute Gasteiger partial charge is 0.234 e. The van der Waals surface area contributed by atoms with Crippen molar-refractivity contribution in [2.45, 2.75) is 26.3 Å². The number of benzene rings is 1. The fourth-order valence-corrected chi connectivity index (χ4v) is 1.88. The lowest BCUT2D eigenvalue weighted by atomic mass is 9.99. The maximum Gasteiger partial charge on any atom is 0.234 e. The predicted octanol–water partition coefficient (Wildman–Crippen LogP) is 2.18. The van der Waals surface area contributed by atoms with Gasteiger partial charge in [0.15, 0.2) is 0 Å². The standard InChI is InChI=1S/C15H19ClN2O/c1-3-11(2)14(15(17)19)18-9-5-7-12-6-4-8-13(16)10-12/h4,6,8,10-11,14,18H,3,9H2,1-2H3,(H2,17,19)/t11-,14-/m1/s1. The Labute approximate surface area is 119 Å². The molecule has 1 aromatic carbocycles. The number of amides is 1. The number of primary amides is 1. The summed E-state index contributed by atoms with van der Waals surface area (Å²) in [6.45, 7) is 4.44. The van der Waals surface area contributed by atoms with E-state index in [4.69, 9.17) is 17.3 Å². The number of hydrogen-bond donors (Lipinski definition) is 2. The van der Waals surface area contributed by atoms with Gasteiger partial charge in [0.25, 0.3) is 0 Å². The van der Waals surface area contributed by atoms with Crippen LogP contribution in [-0.2, 0) is 4.79 Å². The van der Waals surface area contributed by atoms with E-state index < -0.39 is 0 Å². The Kier molecular flexibility index (Phi) is 6.41. The Morgan fingerprint density at radius 3 is 2.84 bits per heavy atom. The van der Waals surface area contributed by atoms with Crippen molar-refractivity contribution < 1.29 is 4.79 Å². The van der Waals surface area contributed by atoms with E-state index >= 15 is 0 Å². The van der Waals surface area contributed by atoms with Gasteiger partial charge in [-0.1, -0.05) is 49.8 Å². The summed E-state index contributed by atoms with van der Waals surface area (Å²) >= 11 is 5.87. The highest BCUT2D eigenvalue weighted by atomic mass is 35.5. The van der Waals surface area contributed by atoms with Gasteiger partial charge >= 0.3 is 0 Å². The minimum Gasteiger partial charge on any atom is -0.368 e. The first kappa shape index (κ1) is 15.6. The van der Waals surface area contributed by atoms with Crippen LogP contribution in [-0.4, -0.2) is 18.5 Å². The Bertz CT molecular complexity index is 490. The number of carbonyl (C=O) groups is 1. The first-order valence-electron chi connectivity index (χ1n) is 6.31. The molecule has 0 radical (unpaired) electrons. The van der Waals surface area contributed by atoms with Crippen LogP contribution < -0.4 is 11.1 Å². The maximum atomic E-state index is 11.3. The van der Waals surface area contributed by atoms with Crippen LogP contribution in [0.4, 0.5) is 0 Å². The molecule has 1 aromatic rings. The summed E-state index contributed by atoms with van der Waals surface area (Å²) < 4.78 is 0. The van der Waals surface area contributed by atoms with E-state index in [2.05, 4.69) is 17.2 Å². The SMILES string of the molecule is CC[C@@H](C)[C@@H](NCC#Cc1cccc(Cl)c1)C(N)=O. The van der Waals surface area contributed by atoms with E-state index in [0.717, 1.165) is 12.0 Å². The zero-order chi connectivity index (χ0) is 14.3. The van der Waals surface area contributed by atoms with Crippen molar-refractivity contribution in [2.75, 3.05) is 6.54 Å². The molecule has 0 aliphatic heterocycles. The van der Waals surface area contributed by atoms with Crippen molar-refractivity contribution >= 4 is 17.5 Å². The van der Waals surface area contributed by atoms with Gasteiger partial charge in [-0.2, -0.15) is 0 Å². The third-order valence-electron chi connectivity index (χ3n) is 2.99. The molecule has 102 valence electrons. The van der Waals surface area contributed by atoms with Crippen LogP contribution in [0.2, 0.25) is 5.02 Å². The largest absolute Gasteiger partial charge is 0.368 e. The minimum absolute atomic E-state index is 0.200. The normalized spacial score (nSPS) is 13.2. The van der Waals surface area contributed by atoms with Crippen LogP contribution in [0.15, 0.2) is 24.3 Å². The van der Waals surface area contributed by atoms with E-state index in [9.17, 15) is 4.79 Å². The highest BCUT2D eigenvalue weighted by molar-refractivity contribution is 6.30. The van der Waals surface area contributed by atoms with Gasteiger partial charge in [0.2, 0.25) is 5.91 Å². The summed E-state index contributed by atoms with van der Waals surface area (Å²) in [7, 11) is 0. The molecule has 0 aliphatic carbocycles. The average molecular weight is 279 g/mol. The third-order valence-corrected chi connectivity index (χ3v) is 3.22. The summed E-state index contributed by atoms with van der Waals surface area (Å²) in [5, 5.41) is 3.74. The molecule has 0 unspecified atom stereocenters. The van der Waals surface area contributed by atoms with Crippen molar-refractivity contribution in [1.82, 2.24) is 5.32 Å². The molecule has 19 heavy (non-hydrogen) atoms. The molecule has 0 aromatic heterocycles. The number of hydrogen-bond acceptors (Lipinski definition) is 2. The maximum absolute atomic E-state index is 11.3. The molecule has 1 amide bonds. The molecule has 0 saturated heterocycles. The number of carbonyl (C=O) groups excluding carboxylic acids is 1. The minimum atomic E-state index is -0.335. The van der Waals surface area contributed by atoms with E-state index in [0.29, 0.717) is 11.6 Å². The van der Waals surface area contributed by atoms with Gasteiger partial charge in [0, 0.05) is 10.6 Å². The van der Waals surface area contributed by atoms with Crippen molar-refractivity contribution in [3.8, 4) is 11.8 Å². The van der Waals surface area contributed by atoms with Gasteiger partial charge in [-0.25, -0.2) is 0 Å². The topological polar surface area (TPSA) is 55.1 Å². The first-order chi connectivity index (χ1) is 9.04. The lowest BCUT2D eigenvalue weighted by Crippen LogP contribution is -2.45. The monoisotopic (exact) mass is 278 g/mol. The van der Waals surface area contributed by atoms with E-state index in [-0.39, 0.29) is 17.9 Å². The van der Waals surface area contributed by atoms with Gasteiger partial charge in [0.1, 0.15) is 0 Å². The lowest BCUT2D eigenvalue weighted by molar-refractivity contribution is -0.121. The molecule has 0 spiro atoms. The molecule has 1 rings (SSSR count). The number of nitrogens with one attached hydrogen (secondary N) is 1. The summed E-state index contributed by atoms with van der Waals surface area (Å²) in [5.41, 5.74) is 6.21. The lowest BCUT2D eigenvalue weighted by Gasteiger charge is -2.19. The highest BCUT2D eigenvalue weighted by Gasteiger charge is 2.19. The van der Waals surface area contributed by atoms with Crippen LogP contribution in [0, 0.1) is 17.8 Å². The van der Waals surface area contributed by atoms with Crippen LogP contribution in [0.3, 0.4) is 0 Å². The van der Waals surface area contributed by atoms with E-state index in [1.165, 1.54) is 0 Å². The van der Waals surface area contributed by atoms with Crippen molar-refractivity contribution in [3.05, 3.63) is 34.9 Å². The summed E-state index contributed by atoms with van der Waals surface area (Å²) in [4.78, 5) is 11.3. The van der Waals surface area contributed by atoms with Gasteiger partial charge in [0.05, 0.1) is 12.6 Å². The predicted molar refractivity (Wildman–Crippen MR) is 78.8 cm³/mol. The molecular weight excluding hydrogens is 260 g/mol. The molecule has 3 nitrogen and oxygen atoms in total. The van der Waals surface area contributed by atoms with Crippen LogP contribution in [0.25, 0.3) is 0 Å². The first-order valence-corrected chi connectivity index (χ1v) is 6.69. The van der Waals surface area contributed by atoms with Crippen molar-refractivity contribution in [2.24, 2.45) is 11.7 Å². The second-order valence-electron chi connectivity index (χ2n) is 4.46. The third kappa shape index (κ3) is 5.34. The molecule has 0 saturated carbocycles. The van der Waals surface area contributed by atoms with Gasteiger partial charge in [-0.05, 0) is 24.1 Å². The summed E-state index contributed by atoms with van der Waals surface area (Å²) in [6, 6.07) is 7.01. The van der Waals surface area contributed by atoms with Crippen molar-refractivity contribution in [3.63, 3.8) is 0 Å². The fraction of sp³-hybridized carbons (Fsp3) is 0.400. The molecule has 4 heteroatoms. The Balaban J connectivity index is 2.56. The molecule has 0 heterocycles. The highest BCUT2D eigenvalue weighted by Crippen LogP contribution is 2.09. The summed E-state index contributed by atoms with van der Waals surface area (Å²) in [5.74, 6) is 5.82. The summed E-state index contributed by atoms with van der Waals surface area (Å²) in [6.07, 6.45) is 0.891. The van der Waals surface area contributed by atoms with Crippen LogP contribution in [0.5, 0.6) is 0 Å². The Morgan fingerprint density at radius 1 is 1.53 bits per heavy atom. The number of rotatable bonds is 5. The molecule has 2 atom stereocenters. The van der Waals surface area contributed by atoms with Gasteiger partial charge in [-0.15, -0.1) is 0 Å². The second-order valence-corrected chi connectivity index (χ2v) is 4.90. The molecule has 0 bridgehead atoms.